The molecule has 0 atom stereocenters. The van der Waals surface area contributed by atoms with Crippen molar-refractivity contribution >= 4 is 9.84 Å². The van der Waals surface area contributed by atoms with Crippen LogP contribution in [0.15, 0.2) is 0 Å². The van der Waals surface area contributed by atoms with Crippen LogP contribution < -0.4 is 5.32 Å². The predicted molar refractivity (Wildman–Crippen MR) is 46.8 cm³/mol. The number of sulfone groups is 1. The molecule has 0 radical (unpaired) electrons. The minimum absolute atomic E-state index is 0.116. The van der Waals surface area contributed by atoms with Crippen molar-refractivity contribution in [2.45, 2.75) is 18.4 Å². The highest BCUT2D eigenvalue weighted by Gasteiger charge is 2.34. The molecule has 2 N–H and O–H groups in total. The van der Waals surface area contributed by atoms with E-state index in [0.29, 0.717) is 19.4 Å². The summed E-state index contributed by atoms with van der Waals surface area (Å²) in [4.78, 5) is 0. The number of nitrogens with one attached hydrogen (secondary N) is 1. The highest BCUT2D eigenvalue weighted by Crippen LogP contribution is 2.22. The van der Waals surface area contributed by atoms with Gasteiger partial charge in [0.25, 0.3) is 0 Å². The van der Waals surface area contributed by atoms with Gasteiger partial charge in [0.2, 0.25) is 0 Å². The summed E-state index contributed by atoms with van der Waals surface area (Å²) in [6, 6.07) is 0. The second kappa shape index (κ2) is 3.32. The summed E-state index contributed by atoms with van der Waals surface area (Å²) < 4.78 is 22.0. The molecule has 1 saturated heterocycles. The molecule has 5 heteroatoms. The van der Waals surface area contributed by atoms with Gasteiger partial charge in [-0.1, -0.05) is 0 Å². The van der Waals surface area contributed by atoms with Gasteiger partial charge in [0.15, 0.2) is 9.84 Å². The van der Waals surface area contributed by atoms with E-state index in [2.05, 4.69) is 5.32 Å². The largest absolute Gasteiger partial charge is 0.388 e. The molecule has 4 nitrogen and oxygen atoms in total. The molecule has 0 spiro atoms. The SMILES string of the molecule is CNCC1(O)CCS(=O)(=O)CC1. The number of aliphatic hydroxyl groups is 1. The van der Waals surface area contributed by atoms with Gasteiger partial charge in [-0.25, -0.2) is 8.42 Å². The van der Waals surface area contributed by atoms with Gasteiger partial charge in [-0.05, 0) is 19.9 Å². The lowest BCUT2D eigenvalue weighted by molar-refractivity contribution is 0.0325. The van der Waals surface area contributed by atoms with Gasteiger partial charge in [-0.2, -0.15) is 0 Å². The maximum atomic E-state index is 11.0. The summed E-state index contributed by atoms with van der Waals surface area (Å²) in [5.74, 6) is 0.232. The Balaban J connectivity index is 2.55. The van der Waals surface area contributed by atoms with E-state index in [1.165, 1.54) is 0 Å². The van der Waals surface area contributed by atoms with E-state index >= 15 is 0 Å². The maximum Gasteiger partial charge on any atom is 0.150 e. The Labute approximate surface area is 72.9 Å². The van der Waals surface area contributed by atoms with Crippen LogP contribution in [0.5, 0.6) is 0 Å². The van der Waals surface area contributed by atoms with E-state index < -0.39 is 15.4 Å². The fourth-order valence-electron chi connectivity index (χ4n) is 1.42. The van der Waals surface area contributed by atoms with Crippen LogP contribution >= 0.6 is 0 Å². The Bertz CT molecular complexity index is 233. The molecule has 1 heterocycles. The van der Waals surface area contributed by atoms with Crippen LogP contribution in [0.2, 0.25) is 0 Å². The molecular weight excluding hydrogens is 178 g/mol. The van der Waals surface area contributed by atoms with Crippen LogP contribution in [0.3, 0.4) is 0 Å². The summed E-state index contributed by atoms with van der Waals surface area (Å²) in [5.41, 5.74) is -0.805. The Morgan fingerprint density at radius 1 is 1.42 bits per heavy atom. The summed E-state index contributed by atoms with van der Waals surface area (Å²) in [7, 11) is -1.11. The predicted octanol–water partition coefficient (Wildman–Crippen LogP) is -0.854. The highest BCUT2D eigenvalue weighted by atomic mass is 32.2. The van der Waals surface area contributed by atoms with E-state index in [9.17, 15) is 13.5 Å². The molecule has 72 valence electrons. The molecule has 12 heavy (non-hydrogen) atoms. The molecule has 1 aliphatic rings. The van der Waals surface area contributed by atoms with Gasteiger partial charge in [-0.15, -0.1) is 0 Å². The molecule has 0 unspecified atom stereocenters. The van der Waals surface area contributed by atoms with Crippen molar-refractivity contribution in [2.75, 3.05) is 25.1 Å². The van der Waals surface area contributed by atoms with Crippen LogP contribution in [-0.4, -0.2) is 44.2 Å². The monoisotopic (exact) mass is 193 g/mol. The van der Waals surface area contributed by atoms with Crippen LogP contribution in [-0.2, 0) is 9.84 Å². The third-order valence-electron chi connectivity index (χ3n) is 2.26. The van der Waals surface area contributed by atoms with Crippen LogP contribution in [0.1, 0.15) is 12.8 Å². The molecule has 0 aromatic rings. The van der Waals surface area contributed by atoms with Gasteiger partial charge in [-0.3, -0.25) is 0 Å². The molecule has 0 saturated carbocycles. The summed E-state index contributed by atoms with van der Waals surface area (Å²) in [6.07, 6.45) is 0.715. The first-order chi connectivity index (χ1) is 5.47. The third kappa shape index (κ3) is 2.43. The summed E-state index contributed by atoms with van der Waals surface area (Å²) >= 11 is 0. The first-order valence-corrected chi connectivity index (χ1v) is 5.87. The van der Waals surface area contributed by atoms with Gasteiger partial charge in [0, 0.05) is 6.54 Å². The molecule has 0 aromatic heterocycles. The molecular formula is C7H15NO3S. The standard InChI is InChI=1S/C7H15NO3S/c1-8-6-7(9)2-4-12(10,11)5-3-7/h8-9H,2-6H2,1H3. The Morgan fingerprint density at radius 3 is 2.33 bits per heavy atom. The molecule has 0 aromatic carbocycles. The zero-order valence-corrected chi connectivity index (χ0v) is 8.02. The van der Waals surface area contributed by atoms with Crippen LogP contribution in [0.25, 0.3) is 0 Å². The lowest BCUT2D eigenvalue weighted by Gasteiger charge is -2.31. The van der Waals surface area contributed by atoms with Crippen LogP contribution in [0.4, 0.5) is 0 Å². The van der Waals surface area contributed by atoms with Crippen molar-refractivity contribution in [3.05, 3.63) is 0 Å². The van der Waals surface area contributed by atoms with Gasteiger partial charge in [0.05, 0.1) is 17.1 Å². The van der Waals surface area contributed by atoms with E-state index in [4.69, 9.17) is 0 Å². The van der Waals surface area contributed by atoms with Crippen molar-refractivity contribution in [3.8, 4) is 0 Å². The van der Waals surface area contributed by atoms with E-state index in [1.807, 2.05) is 0 Å². The first-order valence-electron chi connectivity index (χ1n) is 4.05. The maximum absolute atomic E-state index is 11.0. The lowest BCUT2D eigenvalue weighted by Crippen LogP contribution is -2.45. The first kappa shape index (κ1) is 9.95. The number of hydrogen-bond donors (Lipinski definition) is 2. The Kier molecular flexibility index (Phi) is 2.75. The normalized spacial score (nSPS) is 26.8. The zero-order valence-electron chi connectivity index (χ0n) is 7.21. The molecule has 1 rings (SSSR count). The van der Waals surface area contributed by atoms with E-state index in [0.717, 1.165) is 0 Å². The number of likely N-dealkylation sites (N-methyl/N-ethyl adjacent to an activating group) is 1. The molecule has 1 aliphatic heterocycles. The molecule has 0 amide bonds. The lowest BCUT2D eigenvalue weighted by atomic mass is 9.97. The highest BCUT2D eigenvalue weighted by molar-refractivity contribution is 7.91. The smallest absolute Gasteiger partial charge is 0.150 e. The fourth-order valence-corrected chi connectivity index (χ4v) is 3.01. The van der Waals surface area contributed by atoms with Gasteiger partial charge >= 0.3 is 0 Å². The second-order valence-corrected chi connectivity index (χ2v) is 5.71. The summed E-state index contributed by atoms with van der Waals surface area (Å²) in [5, 5.41) is 12.6. The number of hydrogen-bond acceptors (Lipinski definition) is 4. The minimum Gasteiger partial charge on any atom is -0.388 e. The van der Waals surface area contributed by atoms with E-state index in [1.54, 1.807) is 7.05 Å². The average Bonchev–Trinajstić information content (AvgIpc) is 1.98. The van der Waals surface area contributed by atoms with E-state index in [-0.39, 0.29) is 11.5 Å². The second-order valence-electron chi connectivity index (χ2n) is 3.41. The van der Waals surface area contributed by atoms with Crippen molar-refractivity contribution in [2.24, 2.45) is 0 Å². The fraction of sp³-hybridized carbons (Fsp3) is 1.00. The van der Waals surface area contributed by atoms with Crippen molar-refractivity contribution in [3.63, 3.8) is 0 Å². The molecule has 1 fully saturated rings. The van der Waals surface area contributed by atoms with Crippen molar-refractivity contribution < 1.29 is 13.5 Å². The van der Waals surface area contributed by atoms with Gasteiger partial charge in [0.1, 0.15) is 0 Å². The molecule has 0 bridgehead atoms. The minimum atomic E-state index is -2.86. The number of rotatable bonds is 2. The Morgan fingerprint density at radius 2 is 1.92 bits per heavy atom. The quantitative estimate of drug-likeness (QED) is 0.599. The summed E-state index contributed by atoms with van der Waals surface area (Å²) in [6.45, 7) is 0.475. The van der Waals surface area contributed by atoms with Crippen molar-refractivity contribution in [1.29, 1.82) is 0 Å². The third-order valence-corrected chi connectivity index (χ3v) is 3.91. The average molecular weight is 193 g/mol. The van der Waals surface area contributed by atoms with Crippen molar-refractivity contribution in [1.82, 2.24) is 5.32 Å². The van der Waals surface area contributed by atoms with Gasteiger partial charge < -0.3 is 10.4 Å². The topological polar surface area (TPSA) is 66.4 Å². The zero-order chi connectivity index (χ0) is 9.24. The molecule has 0 aliphatic carbocycles. The Hall–Kier alpha value is -0.130. The van der Waals surface area contributed by atoms with Crippen LogP contribution in [0, 0.1) is 0 Å².